The van der Waals surface area contributed by atoms with Crippen molar-refractivity contribution in [2.45, 2.75) is 25.8 Å². The first-order chi connectivity index (χ1) is 11.5. The van der Waals surface area contributed by atoms with Gasteiger partial charge in [-0.2, -0.15) is 0 Å². The van der Waals surface area contributed by atoms with Crippen LogP contribution in [0.4, 0.5) is 10.1 Å². The van der Waals surface area contributed by atoms with E-state index in [-0.39, 0.29) is 24.2 Å². The SMILES string of the molecule is CCCC(N)C(=O)N1CCN(CC(=O)Nc2ccc(F)cc2)CC1. The molecule has 0 bridgehead atoms. The summed E-state index contributed by atoms with van der Waals surface area (Å²) < 4.78 is 12.8. The van der Waals surface area contributed by atoms with Gasteiger partial charge in [-0.1, -0.05) is 13.3 Å². The molecule has 1 aliphatic rings. The lowest BCUT2D eigenvalue weighted by Crippen LogP contribution is -2.54. The smallest absolute Gasteiger partial charge is 0.239 e. The van der Waals surface area contributed by atoms with Crippen LogP contribution in [0.25, 0.3) is 0 Å². The van der Waals surface area contributed by atoms with E-state index in [0.29, 0.717) is 38.3 Å². The number of benzene rings is 1. The molecule has 0 aliphatic carbocycles. The third-order valence-corrected chi connectivity index (χ3v) is 4.10. The number of nitrogens with one attached hydrogen (secondary N) is 1. The van der Waals surface area contributed by atoms with Crippen LogP contribution in [0.3, 0.4) is 0 Å². The maximum atomic E-state index is 12.8. The number of piperazine rings is 1. The highest BCUT2D eigenvalue weighted by atomic mass is 19.1. The molecule has 0 saturated carbocycles. The first-order valence-electron chi connectivity index (χ1n) is 8.31. The predicted octanol–water partition coefficient (Wildman–Crippen LogP) is 1.04. The maximum absolute atomic E-state index is 12.8. The summed E-state index contributed by atoms with van der Waals surface area (Å²) >= 11 is 0. The number of hydrogen-bond donors (Lipinski definition) is 2. The fraction of sp³-hybridized carbons (Fsp3) is 0.529. The number of nitrogens with two attached hydrogens (primary N) is 1. The monoisotopic (exact) mass is 336 g/mol. The van der Waals surface area contributed by atoms with Gasteiger partial charge in [-0.15, -0.1) is 0 Å². The van der Waals surface area contributed by atoms with Crippen molar-refractivity contribution in [2.75, 3.05) is 38.0 Å². The van der Waals surface area contributed by atoms with Gasteiger partial charge in [-0.3, -0.25) is 14.5 Å². The van der Waals surface area contributed by atoms with Crippen molar-refractivity contribution in [2.24, 2.45) is 5.73 Å². The van der Waals surface area contributed by atoms with Gasteiger partial charge in [0.1, 0.15) is 5.82 Å². The summed E-state index contributed by atoms with van der Waals surface area (Å²) in [5, 5.41) is 2.74. The standard InChI is InChI=1S/C17H25FN4O2/c1-2-3-15(19)17(24)22-10-8-21(9-11-22)12-16(23)20-14-6-4-13(18)5-7-14/h4-7,15H,2-3,8-12,19H2,1H3,(H,20,23). The Morgan fingerprint density at radius 1 is 1.21 bits per heavy atom. The fourth-order valence-corrected chi connectivity index (χ4v) is 2.73. The van der Waals surface area contributed by atoms with Crippen molar-refractivity contribution >= 4 is 17.5 Å². The van der Waals surface area contributed by atoms with Crippen LogP contribution in [0.1, 0.15) is 19.8 Å². The lowest BCUT2D eigenvalue weighted by atomic mass is 10.1. The van der Waals surface area contributed by atoms with Crippen molar-refractivity contribution in [1.82, 2.24) is 9.80 Å². The lowest BCUT2D eigenvalue weighted by Gasteiger charge is -2.35. The summed E-state index contributed by atoms with van der Waals surface area (Å²) in [5.74, 6) is -0.494. The number of amides is 2. The molecule has 2 amide bonds. The Morgan fingerprint density at radius 3 is 2.42 bits per heavy atom. The van der Waals surface area contributed by atoms with Crippen molar-refractivity contribution in [3.05, 3.63) is 30.1 Å². The van der Waals surface area contributed by atoms with Gasteiger partial charge in [-0.25, -0.2) is 4.39 Å². The van der Waals surface area contributed by atoms with E-state index in [1.54, 1.807) is 4.90 Å². The zero-order valence-electron chi connectivity index (χ0n) is 14.0. The third-order valence-electron chi connectivity index (χ3n) is 4.10. The second-order valence-corrected chi connectivity index (χ2v) is 6.05. The van der Waals surface area contributed by atoms with Gasteiger partial charge in [0.15, 0.2) is 0 Å². The second kappa shape index (κ2) is 8.75. The Bertz CT molecular complexity index is 556. The molecule has 0 spiro atoms. The van der Waals surface area contributed by atoms with Gasteiger partial charge in [0, 0.05) is 31.9 Å². The van der Waals surface area contributed by atoms with Crippen molar-refractivity contribution < 1.29 is 14.0 Å². The number of nitrogens with zero attached hydrogens (tertiary/aromatic N) is 2. The van der Waals surface area contributed by atoms with Crippen LogP contribution in [0.2, 0.25) is 0 Å². The number of anilines is 1. The predicted molar refractivity (Wildman–Crippen MR) is 90.9 cm³/mol. The van der Waals surface area contributed by atoms with Crippen LogP contribution in [-0.4, -0.2) is 60.4 Å². The zero-order chi connectivity index (χ0) is 17.5. The van der Waals surface area contributed by atoms with Crippen molar-refractivity contribution in [3.8, 4) is 0 Å². The van der Waals surface area contributed by atoms with E-state index in [1.165, 1.54) is 24.3 Å². The average Bonchev–Trinajstić information content (AvgIpc) is 2.57. The topological polar surface area (TPSA) is 78.7 Å². The van der Waals surface area contributed by atoms with E-state index in [0.717, 1.165) is 6.42 Å². The first-order valence-corrected chi connectivity index (χ1v) is 8.31. The maximum Gasteiger partial charge on any atom is 0.239 e. The Kier molecular flexibility index (Phi) is 6.69. The molecule has 1 saturated heterocycles. The van der Waals surface area contributed by atoms with Gasteiger partial charge in [0.2, 0.25) is 11.8 Å². The normalized spacial score (nSPS) is 16.7. The minimum Gasteiger partial charge on any atom is -0.339 e. The number of carbonyl (C=O) groups excluding carboxylic acids is 2. The van der Waals surface area contributed by atoms with Gasteiger partial charge in [0.05, 0.1) is 12.6 Å². The molecule has 1 fully saturated rings. The summed E-state index contributed by atoms with van der Waals surface area (Å²) in [6.45, 7) is 4.70. The highest BCUT2D eigenvalue weighted by molar-refractivity contribution is 5.92. The zero-order valence-corrected chi connectivity index (χ0v) is 14.0. The highest BCUT2D eigenvalue weighted by Gasteiger charge is 2.25. The molecular weight excluding hydrogens is 311 g/mol. The number of rotatable bonds is 6. The Labute approximate surface area is 141 Å². The van der Waals surface area contributed by atoms with Crippen molar-refractivity contribution in [3.63, 3.8) is 0 Å². The van der Waals surface area contributed by atoms with Crippen molar-refractivity contribution in [1.29, 1.82) is 0 Å². The van der Waals surface area contributed by atoms with Crippen LogP contribution in [-0.2, 0) is 9.59 Å². The lowest BCUT2D eigenvalue weighted by molar-refractivity contribution is -0.134. The minimum absolute atomic E-state index is 0.00716. The van der Waals surface area contributed by atoms with Gasteiger partial charge < -0.3 is 16.0 Å². The van der Waals surface area contributed by atoms with Gasteiger partial charge in [-0.05, 0) is 30.7 Å². The molecule has 0 aromatic heterocycles. The molecule has 1 unspecified atom stereocenters. The molecule has 7 heteroatoms. The molecule has 3 N–H and O–H groups in total. The summed E-state index contributed by atoms with van der Waals surface area (Å²) in [6, 6.07) is 5.24. The molecule has 1 aromatic rings. The Balaban J connectivity index is 1.75. The molecule has 1 heterocycles. The van der Waals surface area contributed by atoms with Gasteiger partial charge in [0.25, 0.3) is 0 Å². The molecule has 132 valence electrons. The molecule has 0 radical (unpaired) electrons. The quantitative estimate of drug-likeness (QED) is 0.813. The fourth-order valence-electron chi connectivity index (χ4n) is 2.73. The van der Waals surface area contributed by atoms with E-state index >= 15 is 0 Å². The number of carbonyl (C=O) groups is 2. The summed E-state index contributed by atoms with van der Waals surface area (Å²) in [4.78, 5) is 28.0. The average molecular weight is 336 g/mol. The summed E-state index contributed by atoms with van der Waals surface area (Å²) in [7, 11) is 0. The molecule has 24 heavy (non-hydrogen) atoms. The first kappa shape index (κ1) is 18.4. The Hall–Kier alpha value is -1.99. The van der Waals surface area contributed by atoms with Crippen LogP contribution in [0.15, 0.2) is 24.3 Å². The summed E-state index contributed by atoms with van der Waals surface area (Å²) in [6.07, 6.45) is 1.58. The number of hydrogen-bond acceptors (Lipinski definition) is 4. The molecule has 6 nitrogen and oxygen atoms in total. The number of halogens is 1. The van der Waals surface area contributed by atoms with Crippen LogP contribution in [0, 0.1) is 5.82 Å². The third kappa shape index (κ3) is 5.28. The summed E-state index contributed by atoms with van der Waals surface area (Å²) in [5.41, 5.74) is 6.45. The molecular formula is C17H25FN4O2. The second-order valence-electron chi connectivity index (χ2n) is 6.05. The van der Waals surface area contributed by atoms with E-state index < -0.39 is 6.04 Å². The van der Waals surface area contributed by atoms with Crippen LogP contribution < -0.4 is 11.1 Å². The van der Waals surface area contributed by atoms with E-state index in [1.807, 2.05) is 11.8 Å². The van der Waals surface area contributed by atoms with E-state index in [9.17, 15) is 14.0 Å². The molecule has 1 atom stereocenters. The Morgan fingerprint density at radius 2 is 1.83 bits per heavy atom. The van der Waals surface area contributed by atoms with E-state index in [4.69, 9.17) is 5.73 Å². The largest absolute Gasteiger partial charge is 0.339 e. The molecule has 2 rings (SSSR count). The highest BCUT2D eigenvalue weighted by Crippen LogP contribution is 2.09. The van der Waals surface area contributed by atoms with Crippen LogP contribution in [0.5, 0.6) is 0 Å². The van der Waals surface area contributed by atoms with Crippen LogP contribution >= 0.6 is 0 Å². The molecule has 1 aliphatic heterocycles. The molecule has 1 aromatic carbocycles. The van der Waals surface area contributed by atoms with Gasteiger partial charge >= 0.3 is 0 Å². The van der Waals surface area contributed by atoms with E-state index in [2.05, 4.69) is 5.32 Å². The minimum atomic E-state index is -0.427.